The number of hydrazone groups is 1. The first kappa shape index (κ1) is 17.5. The lowest BCUT2D eigenvalue weighted by Crippen LogP contribution is -2.18. The van der Waals surface area contributed by atoms with Crippen molar-refractivity contribution in [2.45, 2.75) is 0 Å². The zero-order valence-electron chi connectivity index (χ0n) is 14.7. The molecule has 0 saturated heterocycles. The lowest BCUT2D eigenvalue weighted by molar-refractivity contribution is 0.0956. The molecule has 0 aliphatic rings. The minimum absolute atomic E-state index is 0.327. The molecular weight excluding hydrogens is 355 g/mol. The molecule has 0 spiro atoms. The second kappa shape index (κ2) is 7.75. The van der Waals surface area contributed by atoms with E-state index in [0.29, 0.717) is 27.9 Å². The summed E-state index contributed by atoms with van der Waals surface area (Å²) in [4.78, 5) is 21.5. The number of hydrogen-bond acceptors (Lipinski definition) is 4. The monoisotopic (exact) mass is 370 g/mol. The molecule has 136 valence electrons. The number of halogens is 1. The number of para-hydroxylation sites is 1. The predicted molar refractivity (Wildman–Crippen MR) is 106 cm³/mol. The van der Waals surface area contributed by atoms with Crippen LogP contribution < -0.4 is 5.43 Å². The number of carbonyl (C=O) groups excluding carboxylic acids is 1. The van der Waals surface area contributed by atoms with Crippen LogP contribution in [0.3, 0.4) is 0 Å². The van der Waals surface area contributed by atoms with Crippen molar-refractivity contribution in [3.63, 3.8) is 0 Å². The van der Waals surface area contributed by atoms with Crippen molar-refractivity contribution in [1.29, 1.82) is 0 Å². The number of pyridine rings is 2. The highest BCUT2D eigenvalue weighted by Crippen LogP contribution is 2.25. The first-order valence-electron chi connectivity index (χ1n) is 8.61. The van der Waals surface area contributed by atoms with E-state index in [9.17, 15) is 9.18 Å². The lowest BCUT2D eigenvalue weighted by atomic mass is 10.0. The highest BCUT2D eigenvalue weighted by atomic mass is 19.1. The summed E-state index contributed by atoms with van der Waals surface area (Å²) < 4.78 is 13.2. The van der Waals surface area contributed by atoms with Gasteiger partial charge in [-0.3, -0.25) is 9.78 Å². The van der Waals surface area contributed by atoms with Gasteiger partial charge in [-0.2, -0.15) is 5.10 Å². The minimum atomic E-state index is -0.367. The summed E-state index contributed by atoms with van der Waals surface area (Å²) in [6, 6.07) is 20.4. The van der Waals surface area contributed by atoms with Gasteiger partial charge in [-0.15, -0.1) is 0 Å². The van der Waals surface area contributed by atoms with Crippen molar-refractivity contribution in [3.8, 4) is 11.3 Å². The molecule has 2 aromatic heterocycles. The zero-order chi connectivity index (χ0) is 19.3. The summed E-state index contributed by atoms with van der Waals surface area (Å²) in [6.45, 7) is 0. The third-order valence-electron chi connectivity index (χ3n) is 4.15. The fourth-order valence-electron chi connectivity index (χ4n) is 2.80. The van der Waals surface area contributed by atoms with E-state index in [1.807, 2.05) is 30.3 Å². The van der Waals surface area contributed by atoms with E-state index in [4.69, 9.17) is 0 Å². The molecular formula is C22H15FN4O. The zero-order valence-corrected chi connectivity index (χ0v) is 14.7. The second-order valence-electron chi connectivity index (χ2n) is 6.03. The smallest absolute Gasteiger partial charge is 0.267 e. The molecule has 2 heterocycles. The van der Waals surface area contributed by atoms with Crippen molar-refractivity contribution in [2.75, 3.05) is 0 Å². The number of benzene rings is 2. The normalized spacial score (nSPS) is 11.0. The molecule has 4 rings (SSSR count). The summed E-state index contributed by atoms with van der Waals surface area (Å²) in [5, 5.41) is 4.69. The molecule has 0 unspecified atom stereocenters. The van der Waals surface area contributed by atoms with Crippen molar-refractivity contribution in [3.05, 3.63) is 96.1 Å². The third kappa shape index (κ3) is 3.76. The fraction of sp³-hybridized carbons (Fsp3) is 0. The van der Waals surface area contributed by atoms with Crippen LogP contribution in [0.5, 0.6) is 0 Å². The van der Waals surface area contributed by atoms with Crippen LogP contribution in [0, 0.1) is 5.82 Å². The molecule has 0 atom stereocenters. The number of amides is 1. The average Bonchev–Trinajstić information content (AvgIpc) is 2.74. The van der Waals surface area contributed by atoms with Crippen LogP contribution in [0.15, 0.2) is 84.1 Å². The van der Waals surface area contributed by atoms with E-state index in [2.05, 4.69) is 20.5 Å². The van der Waals surface area contributed by atoms with E-state index >= 15 is 0 Å². The Morgan fingerprint density at radius 1 is 1.00 bits per heavy atom. The molecule has 0 aliphatic carbocycles. The SMILES string of the molecule is O=C(N/N=C\c1ccccn1)c1cc(-c2ccc(F)cc2)nc2ccccc12. The second-order valence-corrected chi connectivity index (χ2v) is 6.03. The number of nitrogens with zero attached hydrogens (tertiary/aromatic N) is 3. The van der Waals surface area contributed by atoms with Gasteiger partial charge in [0, 0.05) is 17.1 Å². The quantitative estimate of drug-likeness (QED) is 0.432. The van der Waals surface area contributed by atoms with Gasteiger partial charge in [-0.1, -0.05) is 24.3 Å². The van der Waals surface area contributed by atoms with Crippen LogP contribution in [-0.4, -0.2) is 22.1 Å². The van der Waals surface area contributed by atoms with Gasteiger partial charge >= 0.3 is 0 Å². The standard InChI is InChI=1S/C22H15FN4O/c23-16-10-8-15(9-11-16)21-13-19(18-6-1-2-7-20(18)26-21)22(28)27-25-14-17-5-3-4-12-24-17/h1-14H,(H,27,28)/b25-14-. The van der Waals surface area contributed by atoms with Crippen LogP contribution >= 0.6 is 0 Å². The Labute approximate surface area is 160 Å². The maximum atomic E-state index is 13.2. The first-order chi connectivity index (χ1) is 13.7. The molecule has 0 bridgehead atoms. The van der Waals surface area contributed by atoms with Gasteiger partial charge in [0.05, 0.1) is 28.7 Å². The Morgan fingerprint density at radius 3 is 2.57 bits per heavy atom. The largest absolute Gasteiger partial charge is 0.272 e. The molecule has 1 N–H and O–H groups in total. The lowest BCUT2D eigenvalue weighted by Gasteiger charge is -2.09. The predicted octanol–water partition coefficient (Wildman–Crippen LogP) is 4.20. The topological polar surface area (TPSA) is 67.2 Å². The van der Waals surface area contributed by atoms with E-state index in [0.717, 1.165) is 5.56 Å². The molecule has 1 amide bonds. The minimum Gasteiger partial charge on any atom is -0.267 e. The van der Waals surface area contributed by atoms with E-state index in [-0.39, 0.29) is 11.7 Å². The summed E-state index contributed by atoms with van der Waals surface area (Å²) in [5.74, 6) is -0.694. The van der Waals surface area contributed by atoms with Gasteiger partial charge in [0.1, 0.15) is 5.82 Å². The van der Waals surface area contributed by atoms with Crippen LogP contribution in [0.2, 0.25) is 0 Å². The first-order valence-corrected chi connectivity index (χ1v) is 8.61. The molecule has 0 fully saturated rings. The van der Waals surface area contributed by atoms with Gasteiger partial charge in [0.2, 0.25) is 0 Å². The summed E-state index contributed by atoms with van der Waals surface area (Å²) >= 11 is 0. The highest BCUT2D eigenvalue weighted by Gasteiger charge is 2.13. The number of hydrogen-bond donors (Lipinski definition) is 1. The van der Waals surface area contributed by atoms with Crippen LogP contribution in [0.1, 0.15) is 16.1 Å². The molecule has 0 saturated carbocycles. The van der Waals surface area contributed by atoms with Crippen LogP contribution in [0.25, 0.3) is 22.2 Å². The van der Waals surface area contributed by atoms with Gasteiger partial charge in [0.15, 0.2) is 0 Å². The number of fused-ring (bicyclic) bond motifs is 1. The highest BCUT2D eigenvalue weighted by molar-refractivity contribution is 6.07. The Balaban J connectivity index is 1.69. The number of nitrogens with one attached hydrogen (secondary N) is 1. The van der Waals surface area contributed by atoms with Crippen LogP contribution in [-0.2, 0) is 0 Å². The Bertz CT molecular complexity index is 1160. The number of aromatic nitrogens is 2. The number of carbonyl (C=O) groups is 1. The van der Waals surface area contributed by atoms with E-state index in [1.165, 1.54) is 18.3 Å². The van der Waals surface area contributed by atoms with Crippen LogP contribution in [0.4, 0.5) is 4.39 Å². The third-order valence-corrected chi connectivity index (χ3v) is 4.15. The van der Waals surface area contributed by atoms with Crippen molar-refractivity contribution < 1.29 is 9.18 Å². The van der Waals surface area contributed by atoms with Gasteiger partial charge in [-0.25, -0.2) is 14.8 Å². The molecule has 0 aliphatic heterocycles. The summed E-state index contributed by atoms with van der Waals surface area (Å²) in [5.41, 5.74) is 5.57. The number of rotatable bonds is 4. The Morgan fingerprint density at radius 2 is 1.79 bits per heavy atom. The summed E-state index contributed by atoms with van der Waals surface area (Å²) in [6.07, 6.45) is 3.12. The average molecular weight is 370 g/mol. The van der Waals surface area contributed by atoms with Crippen molar-refractivity contribution >= 4 is 23.0 Å². The molecule has 2 aromatic carbocycles. The Hall–Kier alpha value is -3.93. The molecule has 4 aromatic rings. The maximum Gasteiger partial charge on any atom is 0.272 e. The summed E-state index contributed by atoms with van der Waals surface area (Å²) in [7, 11) is 0. The molecule has 5 nitrogen and oxygen atoms in total. The Kier molecular flexibility index (Phi) is 4.84. The fourth-order valence-corrected chi connectivity index (χ4v) is 2.80. The van der Waals surface area contributed by atoms with E-state index in [1.54, 1.807) is 36.5 Å². The van der Waals surface area contributed by atoms with Crippen molar-refractivity contribution in [2.24, 2.45) is 5.10 Å². The van der Waals surface area contributed by atoms with Gasteiger partial charge < -0.3 is 0 Å². The van der Waals surface area contributed by atoms with E-state index < -0.39 is 0 Å². The molecule has 6 heteroatoms. The molecule has 0 radical (unpaired) electrons. The molecule has 28 heavy (non-hydrogen) atoms. The van der Waals surface area contributed by atoms with Crippen molar-refractivity contribution in [1.82, 2.24) is 15.4 Å². The van der Waals surface area contributed by atoms with Gasteiger partial charge in [-0.05, 0) is 48.5 Å². The maximum absolute atomic E-state index is 13.2. The van der Waals surface area contributed by atoms with Gasteiger partial charge in [0.25, 0.3) is 5.91 Å².